The SMILES string of the molecule is CC(C)[C@H]1CCC(=O)N1c1ccnc(N[C@@H](C)c2ccc(C(C)(C)C)cn2)n1. The van der Waals surface area contributed by atoms with Crippen molar-refractivity contribution in [2.75, 3.05) is 10.2 Å². The molecule has 1 amide bonds. The summed E-state index contributed by atoms with van der Waals surface area (Å²) in [4.78, 5) is 27.8. The molecule has 6 heteroatoms. The lowest BCUT2D eigenvalue weighted by Crippen LogP contribution is -2.37. The summed E-state index contributed by atoms with van der Waals surface area (Å²) in [6, 6.07) is 6.12. The molecule has 2 aromatic heterocycles. The highest BCUT2D eigenvalue weighted by Crippen LogP contribution is 2.30. The average molecular weight is 382 g/mol. The maximum atomic E-state index is 12.4. The number of hydrogen-bond donors (Lipinski definition) is 1. The molecule has 0 aliphatic carbocycles. The third-order valence-electron chi connectivity index (χ3n) is 5.35. The predicted molar refractivity (Wildman–Crippen MR) is 112 cm³/mol. The van der Waals surface area contributed by atoms with E-state index in [1.54, 1.807) is 6.20 Å². The van der Waals surface area contributed by atoms with Crippen molar-refractivity contribution in [3.63, 3.8) is 0 Å². The maximum absolute atomic E-state index is 12.4. The molecule has 1 saturated heterocycles. The van der Waals surface area contributed by atoms with Gasteiger partial charge in [0.15, 0.2) is 0 Å². The van der Waals surface area contributed by atoms with Crippen molar-refractivity contribution in [2.45, 2.75) is 71.9 Å². The highest BCUT2D eigenvalue weighted by molar-refractivity contribution is 5.95. The van der Waals surface area contributed by atoms with E-state index in [1.165, 1.54) is 5.56 Å². The van der Waals surface area contributed by atoms with Gasteiger partial charge < -0.3 is 5.32 Å². The molecule has 150 valence electrons. The van der Waals surface area contributed by atoms with E-state index in [9.17, 15) is 4.79 Å². The molecular formula is C22H31N5O. The summed E-state index contributed by atoms with van der Waals surface area (Å²) in [5.74, 6) is 1.70. The predicted octanol–water partition coefficient (Wildman–Crippen LogP) is 4.49. The Balaban J connectivity index is 1.76. The van der Waals surface area contributed by atoms with E-state index in [2.05, 4.69) is 61.0 Å². The van der Waals surface area contributed by atoms with Crippen LogP contribution in [0.25, 0.3) is 0 Å². The minimum Gasteiger partial charge on any atom is -0.346 e. The van der Waals surface area contributed by atoms with E-state index < -0.39 is 0 Å². The van der Waals surface area contributed by atoms with Crippen LogP contribution < -0.4 is 10.2 Å². The van der Waals surface area contributed by atoms with Gasteiger partial charge in [0.25, 0.3) is 0 Å². The number of carbonyl (C=O) groups is 1. The molecule has 2 aromatic rings. The third kappa shape index (κ3) is 4.32. The van der Waals surface area contributed by atoms with Gasteiger partial charge in [-0.25, -0.2) is 4.98 Å². The molecule has 1 N–H and O–H groups in total. The zero-order valence-electron chi connectivity index (χ0n) is 17.7. The molecule has 3 heterocycles. The van der Waals surface area contributed by atoms with Gasteiger partial charge in [0.2, 0.25) is 11.9 Å². The molecule has 3 rings (SSSR count). The van der Waals surface area contributed by atoms with Crippen LogP contribution in [0.15, 0.2) is 30.6 Å². The smallest absolute Gasteiger partial charge is 0.228 e. The average Bonchev–Trinajstić information content (AvgIpc) is 3.03. The summed E-state index contributed by atoms with van der Waals surface area (Å²) in [7, 11) is 0. The molecule has 28 heavy (non-hydrogen) atoms. The standard InChI is InChI=1S/C22H31N5O/c1-14(2)18-9-10-20(28)27(18)19-11-12-23-21(26-19)25-15(3)17-8-7-16(13-24-17)22(4,5)6/h7-8,11-15,18H,9-10H2,1-6H3,(H,23,25,26)/t15-,18+/m0/s1. The molecule has 1 aliphatic rings. The second kappa shape index (κ2) is 7.86. The summed E-state index contributed by atoms with van der Waals surface area (Å²) in [6.07, 6.45) is 5.09. The monoisotopic (exact) mass is 381 g/mol. The summed E-state index contributed by atoms with van der Waals surface area (Å²) < 4.78 is 0. The topological polar surface area (TPSA) is 71.0 Å². The maximum Gasteiger partial charge on any atom is 0.228 e. The van der Waals surface area contributed by atoms with Crippen LogP contribution in [0.1, 0.15) is 71.7 Å². The number of nitrogens with one attached hydrogen (secondary N) is 1. The van der Waals surface area contributed by atoms with Crippen LogP contribution in [0.3, 0.4) is 0 Å². The van der Waals surface area contributed by atoms with E-state index in [0.717, 1.165) is 12.1 Å². The summed E-state index contributed by atoms with van der Waals surface area (Å²) in [6.45, 7) is 12.8. The third-order valence-corrected chi connectivity index (χ3v) is 5.35. The minimum atomic E-state index is -0.0422. The van der Waals surface area contributed by atoms with Gasteiger partial charge in [-0.2, -0.15) is 4.98 Å². The Morgan fingerprint density at radius 2 is 1.89 bits per heavy atom. The van der Waals surface area contributed by atoms with Crippen molar-refractivity contribution >= 4 is 17.7 Å². The summed E-state index contributed by atoms with van der Waals surface area (Å²) in [5.41, 5.74) is 2.21. The van der Waals surface area contributed by atoms with Gasteiger partial charge in [-0.15, -0.1) is 0 Å². The first-order valence-corrected chi connectivity index (χ1v) is 10.0. The largest absolute Gasteiger partial charge is 0.346 e. The van der Waals surface area contributed by atoms with Gasteiger partial charge in [-0.05, 0) is 42.4 Å². The van der Waals surface area contributed by atoms with Crippen LogP contribution in [-0.4, -0.2) is 26.9 Å². The Kier molecular flexibility index (Phi) is 5.68. The lowest BCUT2D eigenvalue weighted by Gasteiger charge is -2.27. The van der Waals surface area contributed by atoms with Gasteiger partial charge in [0.05, 0.1) is 11.7 Å². The van der Waals surface area contributed by atoms with Crippen LogP contribution in [0.2, 0.25) is 0 Å². The van der Waals surface area contributed by atoms with E-state index in [-0.39, 0.29) is 23.4 Å². The normalized spacial score (nSPS) is 18.6. The Bertz CT molecular complexity index is 826. The first-order valence-electron chi connectivity index (χ1n) is 10.0. The number of rotatable bonds is 5. The number of anilines is 2. The van der Waals surface area contributed by atoms with Crippen LogP contribution >= 0.6 is 0 Å². The zero-order chi connectivity index (χ0) is 20.5. The second-order valence-corrected chi connectivity index (χ2v) is 8.94. The number of hydrogen-bond acceptors (Lipinski definition) is 5. The fourth-order valence-corrected chi connectivity index (χ4v) is 3.56. The molecule has 0 spiro atoms. The van der Waals surface area contributed by atoms with E-state index in [4.69, 9.17) is 0 Å². The highest BCUT2D eigenvalue weighted by atomic mass is 16.2. The molecule has 0 radical (unpaired) electrons. The number of pyridine rings is 1. The van der Waals surface area contributed by atoms with Gasteiger partial charge >= 0.3 is 0 Å². The Morgan fingerprint density at radius 3 is 2.50 bits per heavy atom. The van der Waals surface area contributed by atoms with Crippen molar-refractivity contribution < 1.29 is 4.79 Å². The number of nitrogens with zero attached hydrogens (tertiary/aromatic N) is 4. The Labute approximate surface area is 167 Å². The first kappa shape index (κ1) is 20.2. The lowest BCUT2D eigenvalue weighted by molar-refractivity contribution is -0.117. The molecular weight excluding hydrogens is 350 g/mol. The molecule has 0 saturated carbocycles. The fourth-order valence-electron chi connectivity index (χ4n) is 3.56. The summed E-state index contributed by atoms with van der Waals surface area (Å²) >= 11 is 0. The first-order chi connectivity index (χ1) is 13.2. The van der Waals surface area contributed by atoms with Crippen LogP contribution in [0.5, 0.6) is 0 Å². The molecule has 0 aromatic carbocycles. The van der Waals surface area contributed by atoms with Crippen molar-refractivity contribution in [1.82, 2.24) is 15.0 Å². The van der Waals surface area contributed by atoms with Crippen LogP contribution in [0, 0.1) is 5.92 Å². The molecule has 1 aliphatic heterocycles. The van der Waals surface area contributed by atoms with Crippen molar-refractivity contribution in [2.24, 2.45) is 5.92 Å². The van der Waals surface area contributed by atoms with Crippen molar-refractivity contribution in [3.8, 4) is 0 Å². The minimum absolute atomic E-state index is 0.0422. The van der Waals surface area contributed by atoms with Crippen LogP contribution in [0.4, 0.5) is 11.8 Å². The van der Waals surface area contributed by atoms with Gasteiger partial charge in [-0.3, -0.25) is 14.7 Å². The fraction of sp³-hybridized carbons (Fsp3) is 0.545. The van der Waals surface area contributed by atoms with Crippen LogP contribution in [-0.2, 0) is 10.2 Å². The number of carbonyl (C=O) groups excluding carboxylic acids is 1. The Morgan fingerprint density at radius 1 is 1.14 bits per heavy atom. The number of amides is 1. The van der Waals surface area contributed by atoms with E-state index in [0.29, 0.717) is 24.1 Å². The van der Waals surface area contributed by atoms with E-state index >= 15 is 0 Å². The molecule has 0 bridgehead atoms. The zero-order valence-corrected chi connectivity index (χ0v) is 17.7. The Hall–Kier alpha value is -2.50. The second-order valence-electron chi connectivity index (χ2n) is 8.94. The number of aromatic nitrogens is 3. The molecule has 0 unspecified atom stereocenters. The van der Waals surface area contributed by atoms with Gasteiger partial charge in [-0.1, -0.05) is 40.7 Å². The van der Waals surface area contributed by atoms with Gasteiger partial charge in [0.1, 0.15) is 5.82 Å². The molecule has 6 nitrogen and oxygen atoms in total. The van der Waals surface area contributed by atoms with E-state index in [1.807, 2.05) is 30.2 Å². The molecule has 1 fully saturated rings. The highest BCUT2D eigenvalue weighted by Gasteiger charge is 2.35. The quantitative estimate of drug-likeness (QED) is 0.826. The molecule has 2 atom stereocenters. The summed E-state index contributed by atoms with van der Waals surface area (Å²) in [5, 5.41) is 3.32. The van der Waals surface area contributed by atoms with Crippen molar-refractivity contribution in [3.05, 3.63) is 41.9 Å². The van der Waals surface area contributed by atoms with Crippen molar-refractivity contribution in [1.29, 1.82) is 0 Å². The lowest BCUT2D eigenvalue weighted by atomic mass is 9.88. The van der Waals surface area contributed by atoms with Gasteiger partial charge in [0, 0.05) is 24.9 Å².